The Hall–Kier alpha value is -3.56. The van der Waals surface area contributed by atoms with E-state index in [0.717, 1.165) is 31.2 Å². The van der Waals surface area contributed by atoms with E-state index in [4.69, 9.17) is 0 Å². The van der Waals surface area contributed by atoms with Gasteiger partial charge in [-0.25, -0.2) is 14.6 Å². The number of alkyl halides is 2. The van der Waals surface area contributed by atoms with E-state index in [0.29, 0.717) is 30.9 Å². The van der Waals surface area contributed by atoms with Crippen LogP contribution in [0.25, 0.3) is 11.4 Å². The van der Waals surface area contributed by atoms with Gasteiger partial charge in [0.05, 0.1) is 0 Å². The largest absolute Gasteiger partial charge is 0.435 e. The zero-order valence-electron chi connectivity index (χ0n) is 18.4. The molecule has 0 N–H and O–H groups in total. The Labute approximate surface area is 190 Å². The summed E-state index contributed by atoms with van der Waals surface area (Å²) >= 11 is 0. The molecule has 33 heavy (non-hydrogen) atoms. The van der Waals surface area contributed by atoms with E-state index in [2.05, 4.69) is 24.7 Å². The van der Waals surface area contributed by atoms with Crippen molar-refractivity contribution < 1.29 is 18.3 Å². The molecule has 1 amide bonds. The quantitative estimate of drug-likeness (QED) is 0.518. The summed E-state index contributed by atoms with van der Waals surface area (Å²) in [4.78, 5) is 25.9. The van der Waals surface area contributed by atoms with Gasteiger partial charge in [-0.15, -0.1) is 0 Å². The highest BCUT2D eigenvalue weighted by Crippen LogP contribution is 2.22. The minimum atomic E-state index is -2.87. The molecule has 4 rings (SSSR count). The molecule has 0 aliphatic carbocycles. The van der Waals surface area contributed by atoms with E-state index >= 15 is 0 Å². The van der Waals surface area contributed by atoms with Crippen LogP contribution in [0, 0.1) is 0 Å². The van der Waals surface area contributed by atoms with Crippen LogP contribution in [0.2, 0.25) is 0 Å². The lowest BCUT2D eigenvalue weighted by atomic mass is 10.2. The summed E-state index contributed by atoms with van der Waals surface area (Å²) in [6.07, 6.45) is 3.31. The standard InChI is InChI=1S/C23H26F2N6O2/c1-2-5-20-27-22(17-7-9-18(10-8-17)33-23(24)25)28-31(20)16-21(32)30-14-12-29(13-15-30)19-6-3-4-11-26-19/h3-4,6-11,23H,2,5,12-16H2,1H3. The summed E-state index contributed by atoms with van der Waals surface area (Å²) in [6, 6.07) is 12.0. The molecule has 8 nitrogen and oxygen atoms in total. The van der Waals surface area contributed by atoms with Gasteiger partial charge in [-0.1, -0.05) is 13.0 Å². The summed E-state index contributed by atoms with van der Waals surface area (Å²) in [5.41, 5.74) is 0.671. The van der Waals surface area contributed by atoms with Crippen molar-refractivity contribution in [3.8, 4) is 17.1 Å². The second-order valence-electron chi connectivity index (χ2n) is 7.72. The van der Waals surface area contributed by atoms with Gasteiger partial charge in [-0.2, -0.15) is 13.9 Å². The minimum Gasteiger partial charge on any atom is -0.435 e. The van der Waals surface area contributed by atoms with Gasteiger partial charge in [0.2, 0.25) is 5.91 Å². The van der Waals surface area contributed by atoms with Gasteiger partial charge < -0.3 is 14.5 Å². The molecular formula is C23H26F2N6O2. The fourth-order valence-electron chi connectivity index (χ4n) is 3.77. The molecule has 1 saturated heterocycles. The molecule has 1 aromatic carbocycles. The molecule has 0 bridgehead atoms. The third-order valence-corrected chi connectivity index (χ3v) is 5.45. The first kappa shape index (κ1) is 22.6. The molecule has 1 aliphatic rings. The van der Waals surface area contributed by atoms with Gasteiger partial charge in [0.1, 0.15) is 23.9 Å². The lowest BCUT2D eigenvalue weighted by Gasteiger charge is -2.35. The highest BCUT2D eigenvalue weighted by molar-refractivity contribution is 5.76. The Balaban J connectivity index is 1.42. The molecule has 3 heterocycles. The number of anilines is 1. The van der Waals surface area contributed by atoms with Crippen LogP contribution in [0.3, 0.4) is 0 Å². The van der Waals surface area contributed by atoms with Crippen molar-refractivity contribution >= 4 is 11.7 Å². The maximum Gasteiger partial charge on any atom is 0.387 e. The number of carbonyl (C=O) groups excluding carboxylic acids is 1. The normalized spacial score (nSPS) is 14.1. The maximum absolute atomic E-state index is 13.0. The van der Waals surface area contributed by atoms with Gasteiger partial charge in [-0.3, -0.25) is 4.79 Å². The lowest BCUT2D eigenvalue weighted by Crippen LogP contribution is -2.50. The van der Waals surface area contributed by atoms with Crippen molar-refractivity contribution in [1.29, 1.82) is 0 Å². The molecule has 2 aromatic heterocycles. The Bertz CT molecular complexity index is 1050. The maximum atomic E-state index is 13.0. The number of ether oxygens (including phenoxy) is 1. The van der Waals surface area contributed by atoms with Crippen LogP contribution in [0.5, 0.6) is 5.75 Å². The fourth-order valence-corrected chi connectivity index (χ4v) is 3.77. The number of carbonyl (C=O) groups is 1. The van der Waals surface area contributed by atoms with Crippen molar-refractivity contribution in [3.05, 3.63) is 54.5 Å². The molecule has 0 unspecified atom stereocenters. The summed E-state index contributed by atoms with van der Waals surface area (Å²) < 4.78 is 30.8. The van der Waals surface area contributed by atoms with Crippen molar-refractivity contribution in [2.45, 2.75) is 32.9 Å². The second kappa shape index (κ2) is 10.4. The lowest BCUT2D eigenvalue weighted by molar-refractivity contribution is -0.132. The van der Waals surface area contributed by atoms with Crippen molar-refractivity contribution in [1.82, 2.24) is 24.6 Å². The number of piperazine rings is 1. The number of hydrogen-bond acceptors (Lipinski definition) is 6. The molecule has 0 spiro atoms. The predicted octanol–water partition coefficient (Wildman–Crippen LogP) is 3.24. The van der Waals surface area contributed by atoms with E-state index in [1.165, 1.54) is 12.1 Å². The first-order chi connectivity index (χ1) is 16.0. The smallest absolute Gasteiger partial charge is 0.387 e. The minimum absolute atomic E-state index is 0.00912. The third-order valence-electron chi connectivity index (χ3n) is 5.45. The van der Waals surface area contributed by atoms with Gasteiger partial charge >= 0.3 is 6.61 Å². The molecule has 10 heteroatoms. The second-order valence-corrected chi connectivity index (χ2v) is 7.72. The number of rotatable bonds is 8. The third kappa shape index (κ3) is 5.63. The number of aryl methyl sites for hydroxylation is 1. The van der Waals surface area contributed by atoms with E-state index in [9.17, 15) is 13.6 Å². The summed E-state index contributed by atoms with van der Waals surface area (Å²) in [7, 11) is 0. The van der Waals surface area contributed by atoms with Crippen LogP contribution in [0.4, 0.5) is 14.6 Å². The van der Waals surface area contributed by atoms with E-state index < -0.39 is 6.61 Å². The molecule has 3 aromatic rings. The summed E-state index contributed by atoms with van der Waals surface area (Å²) in [6.45, 7) is 1.95. The van der Waals surface area contributed by atoms with Crippen LogP contribution >= 0.6 is 0 Å². The van der Waals surface area contributed by atoms with Gasteiger partial charge in [0, 0.05) is 44.4 Å². The number of hydrogen-bond donors (Lipinski definition) is 0. The molecule has 0 saturated carbocycles. The fraction of sp³-hybridized carbons (Fsp3) is 0.391. The van der Waals surface area contributed by atoms with E-state index in [-0.39, 0.29) is 18.2 Å². The predicted molar refractivity (Wildman–Crippen MR) is 119 cm³/mol. The zero-order valence-corrected chi connectivity index (χ0v) is 18.4. The topological polar surface area (TPSA) is 76.4 Å². The van der Waals surface area contributed by atoms with Crippen LogP contribution in [-0.2, 0) is 17.8 Å². The van der Waals surface area contributed by atoms with Crippen molar-refractivity contribution in [2.75, 3.05) is 31.1 Å². The molecule has 1 fully saturated rings. The summed E-state index contributed by atoms with van der Waals surface area (Å²) in [5, 5.41) is 4.54. The number of amides is 1. The average molecular weight is 456 g/mol. The number of benzene rings is 1. The van der Waals surface area contributed by atoms with Crippen LogP contribution in [0.15, 0.2) is 48.7 Å². The molecule has 174 valence electrons. The van der Waals surface area contributed by atoms with Crippen molar-refractivity contribution in [3.63, 3.8) is 0 Å². The zero-order chi connectivity index (χ0) is 23.2. The number of aromatic nitrogens is 4. The van der Waals surface area contributed by atoms with Gasteiger partial charge in [-0.05, 0) is 42.8 Å². The Morgan fingerprint density at radius 1 is 1.09 bits per heavy atom. The van der Waals surface area contributed by atoms with Crippen LogP contribution in [0.1, 0.15) is 19.2 Å². The molecule has 1 aliphatic heterocycles. The number of pyridine rings is 1. The first-order valence-corrected chi connectivity index (χ1v) is 11.0. The van der Waals surface area contributed by atoms with Gasteiger partial charge in [0.25, 0.3) is 0 Å². The SMILES string of the molecule is CCCc1nc(-c2ccc(OC(F)F)cc2)nn1CC(=O)N1CCN(c2ccccn2)CC1. The molecule has 0 radical (unpaired) electrons. The van der Waals surface area contributed by atoms with Crippen molar-refractivity contribution in [2.24, 2.45) is 0 Å². The van der Waals surface area contributed by atoms with E-state index in [1.54, 1.807) is 23.0 Å². The summed E-state index contributed by atoms with van der Waals surface area (Å²) in [5.74, 6) is 2.16. The molecule has 0 atom stereocenters. The van der Waals surface area contributed by atoms with Crippen LogP contribution in [-0.4, -0.2) is 63.3 Å². The monoisotopic (exact) mass is 456 g/mol. The van der Waals surface area contributed by atoms with E-state index in [1.807, 2.05) is 30.0 Å². The first-order valence-electron chi connectivity index (χ1n) is 11.0. The number of halogens is 2. The Morgan fingerprint density at radius 2 is 1.85 bits per heavy atom. The van der Waals surface area contributed by atoms with Crippen LogP contribution < -0.4 is 9.64 Å². The highest BCUT2D eigenvalue weighted by atomic mass is 19.3. The highest BCUT2D eigenvalue weighted by Gasteiger charge is 2.23. The number of nitrogens with zero attached hydrogens (tertiary/aromatic N) is 6. The Kier molecular flexibility index (Phi) is 7.11. The van der Waals surface area contributed by atoms with Gasteiger partial charge in [0.15, 0.2) is 5.82 Å². The average Bonchev–Trinajstić information content (AvgIpc) is 3.22. The Morgan fingerprint density at radius 3 is 2.48 bits per heavy atom. The molecular weight excluding hydrogens is 430 g/mol.